The molecule has 32 heavy (non-hydrogen) atoms. The van der Waals surface area contributed by atoms with Crippen LogP contribution in [0.1, 0.15) is 41.5 Å². The molecule has 1 N–H and O–H groups in total. The smallest absolute Gasteiger partial charge is 0.168 e. The summed E-state index contributed by atoms with van der Waals surface area (Å²) in [5.74, 6) is 0.0757. The van der Waals surface area contributed by atoms with Gasteiger partial charge in [0.05, 0.1) is 0 Å². The number of benzene rings is 2. The zero-order chi connectivity index (χ0) is 22.1. The summed E-state index contributed by atoms with van der Waals surface area (Å²) in [6.45, 7) is 8.41. The number of fused-ring (bicyclic) bond motifs is 1. The van der Waals surface area contributed by atoms with Crippen LogP contribution in [0, 0.1) is 5.82 Å². The quantitative estimate of drug-likeness (QED) is 0.655. The summed E-state index contributed by atoms with van der Waals surface area (Å²) in [5, 5.41) is 4.97. The van der Waals surface area contributed by atoms with Gasteiger partial charge in [0.15, 0.2) is 5.11 Å². The van der Waals surface area contributed by atoms with Gasteiger partial charge in [-0.3, -0.25) is 9.80 Å². The standard InChI is InChI=1S/C25H30ClFN4S/c26-19-4-7-21-23(16-19)22(18-2-5-20(27)6-3-18)17-24(21)30-13-10-29(11-14-30)12-15-31-9-1-8-28-25(31)32/h2-7,16,22,24H,1,8-15,17H2,(H,28,32)/t22-,24+/m1/s1. The second-order valence-corrected chi connectivity index (χ2v) is 9.90. The first-order valence-electron chi connectivity index (χ1n) is 11.6. The second kappa shape index (κ2) is 9.64. The van der Waals surface area contributed by atoms with Crippen molar-refractivity contribution in [3.8, 4) is 0 Å². The highest BCUT2D eigenvalue weighted by molar-refractivity contribution is 7.80. The first-order chi connectivity index (χ1) is 15.6. The van der Waals surface area contributed by atoms with Crippen LogP contribution < -0.4 is 5.32 Å². The van der Waals surface area contributed by atoms with Crippen LogP contribution in [-0.2, 0) is 0 Å². The third kappa shape index (κ3) is 4.65. The highest BCUT2D eigenvalue weighted by Gasteiger charge is 2.36. The summed E-state index contributed by atoms with van der Waals surface area (Å²) in [6, 6.07) is 13.7. The van der Waals surface area contributed by atoms with Gasteiger partial charge in [0, 0.05) is 69.3 Å². The van der Waals surface area contributed by atoms with Crippen LogP contribution in [0.3, 0.4) is 0 Å². The molecule has 7 heteroatoms. The van der Waals surface area contributed by atoms with E-state index in [1.165, 1.54) is 16.7 Å². The monoisotopic (exact) mass is 472 g/mol. The molecule has 2 fully saturated rings. The van der Waals surface area contributed by atoms with E-state index in [9.17, 15) is 4.39 Å². The Balaban J connectivity index is 1.24. The van der Waals surface area contributed by atoms with Crippen LogP contribution >= 0.6 is 23.8 Å². The van der Waals surface area contributed by atoms with E-state index in [1.54, 1.807) is 12.1 Å². The van der Waals surface area contributed by atoms with Crippen molar-refractivity contribution in [2.75, 3.05) is 52.4 Å². The Morgan fingerprint density at radius 3 is 2.50 bits per heavy atom. The van der Waals surface area contributed by atoms with Crippen LogP contribution in [0.4, 0.5) is 4.39 Å². The molecule has 0 spiro atoms. The highest BCUT2D eigenvalue weighted by Crippen LogP contribution is 2.47. The molecule has 0 aromatic heterocycles. The Hall–Kier alpha value is -1.73. The van der Waals surface area contributed by atoms with Gasteiger partial charge in [0.25, 0.3) is 0 Å². The first-order valence-corrected chi connectivity index (χ1v) is 12.4. The minimum absolute atomic E-state index is 0.188. The number of hydrogen-bond donors (Lipinski definition) is 1. The molecule has 0 radical (unpaired) electrons. The molecule has 4 nitrogen and oxygen atoms in total. The molecule has 5 rings (SSSR count). The highest BCUT2D eigenvalue weighted by atomic mass is 35.5. The molecule has 0 amide bonds. The van der Waals surface area contributed by atoms with Crippen LogP contribution in [0.25, 0.3) is 0 Å². The first kappa shape index (κ1) is 22.1. The molecule has 0 bridgehead atoms. The minimum Gasteiger partial charge on any atom is -0.362 e. The fourth-order valence-electron chi connectivity index (χ4n) is 5.44. The summed E-state index contributed by atoms with van der Waals surface area (Å²) in [6.07, 6.45) is 2.18. The molecule has 2 aliphatic heterocycles. The maximum atomic E-state index is 13.5. The number of halogens is 2. The number of nitrogens with zero attached hydrogens (tertiary/aromatic N) is 3. The molecule has 2 saturated heterocycles. The zero-order valence-electron chi connectivity index (χ0n) is 18.3. The van der Waals surface area contributed by atoms with E-state index in [4.69, 9.17) is 23.8 Å². The zero-order valence-corrected chi connectivity index (χ0v) is 19.8. The largest absolute Gasteiger partial charge is 0.362 e. The van der Waals surface area contributed by atoms with Crippen molar-refractivity contribution in [3.05, 3.63) is 70.0 Å². The Kier molecular flexibility index (Phi) is 6.65. The van der Waals surface area contributed by atoms with E-state index in [2.05, 4.69) is 32.1 Å². The number of nitrogens with one attached hydrogen (secondary N) is 1. The minimum atomic E-state index is -0.188. The van der Waals surface area contributed by atoms with Gasteiger partial charge in [-0.25, -0.2) is 4.39 Å². The maximum Gasteiger partial charge on any atom is 0.168 e. The van der Waals surface area contributed by atoms with Crippen LogP contribution in [0.2, 0.25) is 5.02 Å². The molecular weight excluding hydrogens is 443 g/mol. The maximum absolute atomic E-state index is 13.5. The van der Waals surface area contributed by atoms with E-state index in [1.807, 2.05) is 18.2 Å². The van der Waals surface area contributed by atoms with Gasteiger partial charge in [0.2, 0.25) is 0 Å². The SMILES string of the molecule is Fc1ccc([C@H]2C[C@H](N3CCN(CCN4CCCNC4=S)CC3)c3ccc(Cl)cc32)cc1. The van der Waals surface area contributed by atoms with Crippen molar-refractivity contribution in [3.63, 3.8) is 0 Å². The fraction of sp³-hybridized carbons (Fsp3) is 0.480. The molecule has 0 saturated carbocycles. The summed E-state index contributed by atoms with van der Waals surface area (Å²) < 4.78 is 13.5. The van der Waals surface area contributed by atoms with Crippen LogP contribution in [0.15, 0.2) is 42.5 Å². The Morgan fingerprint density at radius 1 is 0.969 bits per heavy atom. The Bertz CT molecular complexity index is 961. The molecule has 3 aliphatic rings. The average molecular weight is 473 g/mol. The lowest BCUT2D eigenvalue weighted by Gasteiger charge is -2.39. The number of hydrogen-bond acceptors (Lipinski definition) is 3. The summed E-state index contributed by atoms with van der Waals surface area (Å²) in [4.78, 5) is 7.48. The molecule has 0 unspecified atom stereocenters. The van der Waals surface area contributed by atoms with Gasteiger partial charge < -0.3 is 10.2 Å². The van der Waals surface area contributed by atoms with E-state index >= 15 is 0 Å². The third-order valence-electron chi connectivity index (χ3n) is 7.22. The Morgan fingerprint density at radius 2 is 1.75 bits per heavy atom. The molecule has 170 valence electrons. The lowest BCUT2D eigenvalue weighted by molar-refractivity contribution is 0.0910. The Labute approximate surface area is 200 Å². The van der Waals surface area contributed by atoms with Crippen molar-refractivity contribution >= 4 is 28.9 Å². The summed E-state index contributed by atoms with van der Waals surface area (Å²) >= 11 is 11.8. The summed E-state index contributed by atoms with van der Waals surface area (Å²) in [7, 11) is 0. The van der Waals surface area contributed by atoms with Crippen molar-refractivity contribution < 1.29 is 4.39 Å². The lowest BCUT2D eigenvalue weighted by Crippen LogP contribution is -2.52. The van der Waals surface area contributed by atoms with Crippen LogP contribution in [-0.4, -0.2) is 72.2 Å². The van der Waals surface area contributed by atoms with E-state index in [0.29, 0.717) is 6.04 Å². The van der Waals surface area contributed by atoms with E-state index in [0.717, 1.165) is 75.3 Å². The molecule has 2 atom stereocenters. The average Bonchev–Trinajstić information content (AvgIpc) is 3.18. The van der Waals surface area contributed by atoms with Crippen molar-refractivity contribution in [1.82, 2.24) is 20.0 Å². The number of rotatable bonds is 5. The fourth-order valence-corrected chi connectivity index (χ4v) is 5.90. The van der Waals surface area contributed by atoms with Crippen molar-refractivity contribution in [2.45, 2.75) is 24.8 Å². The molecule has 2 aromatic rings. The topological polar surface area (TPSA) is 21.8 Å². The van der Waals surface area contributed by atoms with Crippen molar-refractivity contribution in [2.24, 2.45) is 0 Å². The van der Waals surface area contributed by atoms with Gasteiger partial charge in [-0.2, -0.15) is 0 Å². The second-order valence-electron chi connectivity index (χ2n) is 9.08. The van der Waals surface area contributed by atoms with Gasteiger partial charge in [-0.05, 0) is 66.0 Å². The van der Waals surface area contributed by atoms with Crippen LogP contribution in [0.5, 0.6) is 0 Å². The van der Waals surface area contributed by atoms with Gasteiger partial charge in [-0.15, -0.1) is 0 Å². The van der Waals surface area contributed by atoms with Gasteiger partial charge in [-0.1, -0.05) is 29.8 Å². The number of piperazine rings is 1. The van der Waals surface area contributed by atoms with Gasteiger partial charge >= 0.3 is 0 Å². The van der Waals surface area contributed by atoms with Gasteiger partial charge in [0.1, 0.15) is 5.82 Å². The van der Waals surface area contributed by atoms with Crippen molar-refractivity contribution in [1.29, 1.82) is 0 Å². The molecule has 1 aliphatic carbocycles. The predicted octanol–water partition coefficient (Wildman–Crippen LogP) is 4.25. The van der Waals surface area contributed by atoms with E-state index in [-0.39, 0.29) is 11.7 Å². The van der Waals surface area contributed by atoms with E-state index < -0.39 is 0 Å². The lowest BCUT2D eigenvalue weighted by atomic mass is 9.93. The normalized spacial score (nSPS) is 24.4. The third-order valence-corrected chi connectivity index (χ3v) is 7.85. The number of thiocarbonyl (C=S) groups is 1. The summed E-state index contributed by atoms with van der Waals surface area (Å²) in [5.41, 5.74) is 3.84. The molecular formula is C25H30ClFN4S. The predicted molar refractivity (Wildman–Crippen MR) is 132 cm³/mol. The molecule has 2 aromatic carbocycles. The molecule has 2 heterocycles.